The van der Waals surface area contributed by atoms with E-state index in [1.807, 2.05) is 0 Å². The Labute approximate surface area is 135 Å². The number of nitrogens with one attached hydrogen (secondary N) is 2. The van der Waals surface area contributed by atoms with Gasteiger partial charge in [-0.05, 0) is 42.9 Å². The van der Waals surface area contributed by atoms with E-state index in [0.29, 0.717) is 5.92 Å². The zero-order valence-corrected chi connectivity index (χ0v) is 14.4. The number of fused-ring (bicyclic) bond motifs is 1. The molecule has 2 rings (SSSR count). The monoisotopic (exact) mass is 302 g/mol. The molecule has 2 N–H and O–H groups in total. The number of hydrogen-bond acceptors (Lipinski definition) is 2. The molecule has 1 aromatic rings. The van der Waals surface area contributed by atoms with Crippen molar-refractivity contribution in [3.05, 3.63) is 29.3 Å². The van der Waals surface area contributed by atoms with E-state index in [-0.39, 0.29) is 0 Å². The lowest BCUT2D eigenvalue weighted by molar-refractivity contribution is 0.615. The maximum Gasteiger partial charge on any atom is 0.191 e. The second kappa shape index (κ2) is 8.06. The molecule has 0 saturated heterocycles. The third kappa shape index (κ3) is 4.65. The first-order valence-corrected chi connectivity index (χ1v) is 8.45. The van der Waals surface area contributed by atoms with Crippen LogP contribution in [0.4, 0.5) is 5.69 Å². The highest BCUT2D eigenvalue weighted by Crippen LogP contribution is 2.26. The van der Waals surface area contributed by atoms with E-state index in [9.17, 15) is 0 Å². The first-order valence-electron chi connectivity index (χ1n) is 8.45. The van der Waals surface area contributed by atoms with E-state index in [1.54, 1.807) is 0 Å². The molecule has 4 heteroatoms. The standard InChI is InChI=1S/C18H30N4/c1-5-19-18(20-12-14(2)3)21-13-15-8-9-17-16(11-15)7-6-10-22(17)4/h8-9,11,14H,5-7,10,12-13H2,1-4H3,(H2,19,20,21). The fourth-order valence-electron chi connectivity index (χ4n) is 2.75. The van der Waals surface area contributed by atoms with E-state index >= 15 is 0 Å². The largest absolute Gasteiger partial charge is 0.374 e. The molecule has 0 unspecified atom stereocenters. The summed E-state index contributed by atoms with van der Waals surface area (Å²) in [7, 11) is 2.18. The molecule has 1 aliphatic heterocycles. The number of hydrogen-bond donors (Lipinski definition) is 2. The van der Waals surface area contributed by atoms with Crippen LogP contribution in [0.25, 0.3) is 0 Å². The fourth-order valence-corrected chi connectivity index (χ4v) is 2.75. The highest BCUT2D eigenvalue weighted by atomic mass is 15.2. The molecule has 22 heavy (non-hydrogen) atoms. The smallest absolute Gasteiger partial charge is 0.191 e. The van der Waals surface area contributed by atoms with Crippen LogP contribution in [0.15, 0.2) is 23.2 Å². The molecular weight excluding hydrogens is 272 g/mol. The molecular formula is C18H30N4. The molecule has 0 bridgehead atoms. The minimum atomic E-state index is 0.614. The Kier molecular flexibility index (Phi) is 6.10. The Hall–Kier alpha value is -1.71. The van der Waals surface area contributed by atoms with E-state index in [4.69, 9.17) is 4.99 Å². The summed E-state index contributed by atoms with van der Waals surface area (Å²) in [4.78, 5) is 7.05. The quantitative estimate of drug-likeness (QED) is 0.649. The maximum atomic E-state index is 4.70. The average molecular weight is 302 g/mol. The number of nitrogens with zero attached hydrogens (tertiary/aromatic N) is 2. The lowest BCUT2D eigenvalue weighted by atomic mass is 10.00. The lowest BCUT2D eigenvalue weighted by Crippen LogP contribution is -2.39. The molecule has 1 heterocycles. The zero-order valence-electron chi connectivity index (χ0n) is 14.4. The van der Waals surface area contributed by atoms with Gasteiger partial charge in [0.05, 0.1) is 6.54 Å². The summed E-state index contributed by atoms with van der Waals surface area (Å²) in [6.07, 6.45) is 2.43. The summed E-state index contributed by atoms with van der Waals surface area (Å²) < 4.78 is 0. The summed E-state index contributed by atoms with van der Waals surface area (Å²) in [5.41, 5.74) is 4.13. The van der Waals surface area contributed by atoms with Crippen molar-refractivity contribution in [2.75, 3.05) is 31.6 Å². The second-order valence-corrected chi connectivity index (χ2v) is 6.46. The summed E-state index contributed by atoms with van der Waals surface area (Å²) in [6.45, 7) is 10.2. The van der Waals surface area contributed by atoms with Gasteiger partial charge in [-0.25, -0.2) is 4.99 Å². The molecule has 0 amide bonds. The number of aliphatic imine (C=N–C) groups is 1. The van der Waals surface area contributed by atoms with Gasteiger partial charge in [-0.2, -0.15) is 0 Å². The minimum Gasteiger partial charge on any atom is -0.374 e. The van der Waals surface area contributed by atoms with Crippen LogP contribution in [0.1, 0.15) is 38.3 Å². The zero-order chi connectivity index (χ0) is 15.9. The first kappa shape index (κ1) is 16.7. The van der Waals surface area contributed by atoms with Gasteiger partial charge in [0.15, 0.2) is 5.96 Å². The molecule has 0 fully saturated rings. The van der Waals surface area contributed by atoms with Crippen molar-refractivity contribution >= 4 is 11.6 Å². The molecule has 1 aliphatic rings. The summed E-state index contributed by atoms with van der Waals surface area (Å²) in [5.74, 6) is 1.52. The molecule has 0 aromatic heterocycles. The third-order valence-electron chi connectivity index (χ3n) is 3.94. The van der Waals surface area contributed by atoms with Crippen molar-refractivity contribution in [3.63, 3.8) is 0 Å². The van der Waals surface area contributed by atoms with Gasteiger partial charge >= 0.3 is 0 Å². The average Bonchev–Trinajstić information content (AvgIpc) is 2.50. The van der Waals surface area contributed by atoms with Crippen LogP contribution < -0.4 is 15.5 Å². The molecule has 122 valence electrons. The topological polar surface area (TPSA) is 39.7 Å². The van der Waals surface area contributed by atoms with Crippen LogP contribution in [0, 0.1) is 5.92 Å². The van der Waals surface area contributed by atoms with Gasteiger partial charge in [-0.15, -0.1) is 0 Å². The molecule has 1 aromatic carbocycles. The van der Waals surface area contributed by atoms with Crippen LogP contribution >= 0.6 is 0 Å². The number of guanidine groups is 1. The van der Waals surface area contributed by atoms with Crippen molar-refractivity contribution in [1.82, 2.24) is 10.6 Å². The number of aryl methyl sites for hydroxylation is 1. The van der Waals surface area contributed by atoms with Crippen LogP contribution in [-0.4, -0.2) is 32.6 Å². The van der Waals surface area contributed by atoms with E-state index in [2.05, 4.69) is 61.6 Å². The van der Waals surface area contributed by atoms with Crippen LogP contribution in [-0.2, 0) is 13.0 Å². The molecule has 4 nitrogen and oxygen atoms in total. The van der Waals surface area contributed by atoms with Crippen LogP contribution in [0.3, 0.4) is 0 Å². The molecule has 0 aliphatic carbocycles. The summed E-state index contributed by atoms with van der Waals surface area (Å²) >= 11 is 0. The number of rotatable bonds is 5. The summed E-state index contributed by atoms with van der Waals surface area (Å²) in [6, 6.07) is 6.77. The van der Waals surface area contributed by atoms with Gasteiger partial charge in [0.2, 0.25) is 0 Å². The Morgan fingerprint density at radius 3 is 2.86 bits per heavy atom. The van der Waals surface area contributed by atoms with E-state index < -0.39 is 0 Å². The SMILES string of the molecule is CCNC(=NCc1ccc2c(c1)CCCN2C)NCC(C)C. The number of anilines is 1. The highest BCUT2D eigenvalue weighted by molar-refractivity contribution is 5.79. The normalized spacial score (nSPS) is 15.0. The third-order valence-corrected chi connectivity index (χ3v) is 3.94. The minimum absolute atomic E-state index is 0.614. The van der Waals surface area contributed by atoms with Crippen molar-refractivity contribution in [3.8, 4) is 0 Å². The second-order valence-electron chi connectivity index (χ2n) is 6.46. The molecule has 0 atom stereocenters. The predicted octanol–water partition coefficient (Wildman–Crippen LogP) is 2.78. The lowest BCUT2D eigenvalue weighted by Gasteiger charge is -2.27. The molecule has 0 radical (unpaired) electrons. The fraction of sp³-hybridized carbons (Fsp3) is 0.611. The Balaban J connectivity index is 2.03. The number of benzene rings is 1. The Morgan fingerprint density at radius 2 is 2.14 bits per heavy atom. The van der Waals surface area contributed by atoms with E-state index in [0.717, 1.165) is 32.1 Å². The van der Waals surface area contributed by atoms with Crippen LogP contribution in [0.5, 0.6) is 0 Å². The van der Waals surface area contributed by atoms with Gasteiger partial charge in [-0.1, -0.05) is 26.0 Å². The van der Waals surface area contributed by atoms with Crippen molar-refractivity contribution in [1.29, 1.82) is 0 Å². The molecule has 0 saturated carbocycles. The van der Waals surface area contributed by atoms with Gasteiger partial charge in [0, 0.05) is 32.4 Å². The van der Waals surface area contributed by atoms with Crippen molar-refractivity contribution < 1.29 is 0 Å². The summed E-state index contributed by atoms with van der Waals surface area (Å²) in [5, 5.41) is 6.70. The van der Waals surface area contributed by atoms with Gasteiger partial charge in [0.25, 0.3) is 0 Å². The first-order chi connectivity index (χ1) is 10.6. The Morgan fingerprint density at radius 1 is 1.32 bits per heavy atom. The van der Waals surface area contributed by atoms with Crippen molar-refractivity contribution in [2.45, 2.75) is 40.2 Å². The molecule has 0 spiro atoms. The predicted molar refractivity (Wildman–Crippen MR) is 95.7 cm³/mol. The Bertz CT molecular complexity index is 508. The van der Waals surface area contributed by atoms with Gasteiger partial charge < -0.3 is 15.5 Å². The maximum absolute atomic E-state index is 4.70. The highest BCUT2D eigenvalue weighted by Gasteiger charge is 2.13. The van der Waals surface area contributed by atoms with Crippen molar-refractivity contribution in [2.24, 2.45) is 10.9 Å². The van der Waals surface area contributed by atoms with Gasteiger partial charge in [0.1, 0.15) is 0 Å². The van der Waals surface area contributed by atoms with E-state index in [1.165, 1.54) is 29.7 Å². The van der Waals surface area contributed by atoms with Crippen LogP contribution in [0.2, 0.25) is 0 Å². The van der Waals surface area contributed by atoms with Gasteiger partial charge in [-0.3, -0.25) is 0 Å².